The molecule has 0 saturated heterocycles. The lowest BCUT2D eigenvalue weighted by Gasteiger charge is -2.13. The molecule has 128 valence electrons. The van der Waals surface area contributed by atoms with Gasteiger partial charge in [0.2, 0.25) is 11.1 Å². The van der Waals surface area contributed by atoms with E-state index in [1.54, 1.807) is 0 Å². The number of nitrogens with zero attached hydrogens (tertiary/aromatic N) is 2. The zero-order chi connectivity index (χ0) is 16.8. The first-order chi connectivity index (χ1) is 11.7. The molecule has 0 bridgehead atoms. The molecule has 1 heterocycles. The van der Waals surface area contributed by atoms with Crippen molar-refractivity contribution in [3.8, 4) is 0 Å². The molecule has 1 aliphatic rings. The number of aromatic amines is 1. The zero-order valence-corrected chi connectivity index (χ0v) is 14.8. The lowest BCUT2D eigenvalue weighted by molar-refractivity contribution is -0.121. The number of aromatic nitrogens is 3. The number of hydrogen-bond donors (Lipinski definition) is 2. The molecule has 0 aliphatic heterocycles. The van der Waals surface area contributed by atoms with Crippen molar-refractivity contribution in [3.05, 3.63) is 41.7 Å². The number of thioether (sulfide) groups is 1. The van der Waals surface area contributed by atoms with E-state index in [-0.39, 0.29) is 11.9 Å². The van der Waals surface area contributed by atoms with Gasteiger partial charge in [-0.05, 0) is 25.3 Å². The summed E-state index contributed by atoms with van der Waals surface area (Å²) < 4.78 is 0. The van der Waals surface area contributed by atoms with Crippen molar-refractivity contribution >= 4 is 17.7 Å². The van der Waals surface area contributed by atoms with E-state index in [1.807, 2.05) is 37.3 Å². The first kappa shape index (κ1) is 17.0. The number of nitrogens with one attached hydrogen (secondary N) is 2. The van der Waals surface area contributed by atoms with Crippen LogP contribution in [0.3, 0.4) is 0 Å². The Labute approximate surface area is 147 Å². The Bertz CT molecular complexity index is 652. The Morgan fingerprint density at radius 2 is 2.08 bits per heavy atom. The van der Waals surface area contributed by atoms with Crippen molar-refractivity contribution in [2.75, 3.05) is 5.75 Å². The fraction of sp³-hybridized carbons (Fsp3) is 0.500. The fourth-order valence-corrected chi connectivity index (χ4v) is 3.82. The molecule has 1 amide bonds. The van der Waals surface area contributed by atoms with Crippen LogP contribution in [0.1, 0.15) is 62.4 Å². The Hall–Kier alpha value is -1.82. The summed E-state index contributed by atoms with van der Waals surface area (Å²) in [6.07, 6.45) is 5.45. The van der Waals surface area contributed by atoms with Crippen LogP contribution in [0.15, 0.2) is 35.5 Å². The normalized spacial score (nSPS) is 16.2. The number of carbonyl (C=O) groups excluding carboxylic acids is 1. The molecule has 1 fully saturated rings. The second-order valence-electron chi connectivity index (χ2n) is 6.28. The first-order valence-corrected chi connectivity index (χ1v) is 9.60. The molecule has 1 aliphatic carbocycles. The molecule has 1 unspecified atom stereocenters. The van der Waals surface area contributed by atoms with Gasteiger partial charge in [-0.15, -0.1) is 5.10 Å². The van der Waals surface area contributed by atoms with E-state index >= 15 is 0 Å². The van der Waals surface area contributed by atoms with Gasteiger partial charge in [0, 0.05) is 18.1 Å². The van der Waals surface area contributed by atoms with Gasteiger partial charge in [-0.3, -0.25) is 9.89 Å². The second kappa shape index (κ2) is 8.33. The second-order valence-corrected chi connectivity index (χ2v) is 7.35. The summed E-state index contributed by atoms with van der Waals surface area (Å²) in [4.78, 5) is 16.6. The highest BCUT2D eigenvalue weighted by Crippen LogP contribution is 2.32. The van der Waals surface area contributed by atoms with Gasteiger partial charge in [-0.25, -0.2) is 4.98 Å². The van der Waals surface area contributed by atoms with Crippen molar-refractivity contribution in [1.29, 1.82) is 0 Å². The van der Waals surface area contributed by atoms with E-state index in [2.05, 4.69) is 20.5 Å². The van der Waals surface area contributed by atoms with E-state index in [0.717, 1.165) is 16.5 Å². The van der Waals surface area contributed by atoms with Crippen molar-refractivity contribution in [3.63, 3.8) is 0 Å². The zero-order valence-electron chi connectivity index (χ0n) is 14.0. The van der Waals surface area contributed by atoms with Gasteiger partial charge in [0.1, 0.15) is 5.82 Å². The Balaban J connectivity index is 1.40. The van der Waals surface area contributed by atoms with Crippen LogP contribution in [-0.4, -0.2) is 26.8 Å². The molecule has 3 rings (SSSR count). The standard InChI is InChI=1S/C18H24N4OS/c1-13(14-7-3-2-4-8-14)19-16(23)11-12-24-18-20-17(21-22-18)15-9-5-6-10-15/h2-4,7-8,13,15H,5-6,9-12H2,1H3,(H,19,23)(H,20,21,22). The molecular weight excluding hydrogens is 320 g/mol. The van der Waals surface area contributed by atoms with Gasteiger partial charge in [0.05, 0.1) is 6.04 Å². The van der Waals surface area contributed by atoms with E-state index < -0.39 is 0 Å². The maximum absolute atomic E-state index is 12.1. The van der Waals surface area contributed by atoms with Crippen LogP contribution < -0.4 is 5.32 Å². The topological polar surface area (TPSA) is 70.7 Å². The quantitative estimate of drug-likeness (QED) is 0.749. The minimum absolute atomic E-state index is 0.0289. The number of benzene rings is 1. The van der Waals surface area contributed by atoms with E-state index in [4.69, 9.17) is 0 Å². The molecule has 1 saturated carbocycles. The summed E-state index contributed by atoms with van der Waals surface area (Å²) in [5.74, 6) is 2.30. The van der Waals surface area contributed by atoms with Crippen LogP contribution in [-0.2, 0) is 4.79 Å². The summed E-state index contributed by atoms with van der Waals surface area (Å²) in [5.41, 5.74) is 1.12. The largest absolute Gasteiger partial charge is 0.350 e. The molecule has 0 radical (unpaired) electrons. The van der Waals surface area contributed by atoms with Crippen molar-refractivity contribution in [2.45, 2.75) is 56.1 Å². The highest BCUT2D eigenvalue weighted by molar-refractivity contribution is 7.99. The minimum Gasteiger partial charge on any atom is -0.350 e. The van der Waals surface area contributed by atoms with Gasteiger partial charge in [-0.2, -0.15) is 0 Å². The van der Waals surface area contributed by atoms with Gasteiger partial charge in [0.25, 0.3) is 0 Å². The number of carbonyl (C=O) groups is 1. The Morgan fingerprint density at radius 1 is 1.33 bits per heavy atom. The summed E-state index contributed by atoms with van der Waals surface area (Å²) in [6.45, 7) is 2.00. The third-order valence-electron chi connectivity index (χ3n) is 4.46. The molecule has 6 heteroatoms. The molecule has 2 N–H and O–H groups in total. The van der Waals surface area contributed by atoms with Crippen LogP contribution >= 0.6 is 11.8 Å². The summed E-state index contributed by atoms with van der Waals surface area (Å²) in [7, 11) is 0. The van der Waals surface area contributed by atoms with Crippen molar-refractivity contribution < 1.29 is 4.79 Å². The SMILES string of the molecule is CC(NC(=O)CCSc1n[nH]c(C2CCCC2)n1)c1ccccc1. The van der Waals surface area contributed by atoms with E-state index in [9.17, 15) is 4.79 Å². The predicted molar refractivity (Wildman–Crippen MR) is 95.9 cm³/mol. The first-order valence-electron chi connectivity index (χ1n) is 8.62. The smallest absolute Gasteiger partial charge is 0.221 e. The predicted octanol–water partition coefficient (Wildman–Crippen LogP) is 3.82. The minimum atomic E-state index is 0.0289. The molecule has 1 atom stereocenters. The maximum Gasteiger partial charge on any atom is 0.221 e. The average Bonchev–Trinajstić information content (AvgIpc) is 3.27. The number of amides is 1. The van der Waals surface area contributed by atoms with Crippen LogP contribution in [0.2, 0.25) is 0 Å². The van der Waals surface area contributed by atoms with Gasteiger partial charge in [0.15, 0.2) is 0 Å². The van der Waals surface area contributed by atoms with E-state index in [1.165, 1.54) is 37.4 Å². The number of H-pyrrole nitrogens is 1. The molecule has 5 nitrogen and oxygen atoms in total. The molecule has 1 aromatic carbocycles. The van der Waals surface area contributed by atoms with Crippen molar-refractivity contribution in [2.24, 2.45) is 0 Å². The molecule has 24 heavy (non-hydrogen) atoms. The third kappa shape index (κ3) is 4.60. The number of hydrogen-bond acceptors (Lipinski definition) is 4. The van der Waals surface area contributed by atoms with Gasteiger partial charge in [-0.1, -0.05) is 54.9 Å². The fourth-order valence-electron chi connectivity index (χ4n) is 3.08. The molecular formula is C18H24N4OS. The summed E-state index contributed by atoms with van der Waals surface area (Å²) >= 11 is 1.54. The lowest BCUT2D eigenvalue weighted by Crippen LogP contribution is -2.26. The van der Waals surface area contributed by atoms with Crippen LogP contribution in [0.25, 0.3) is 0 Å². The summed E-state index contributed by atoms with van der Waals surface area (Å²) in [6, 6.07) is 10.0. The maximum atomic E-state index is 12.1. The Morgan fingerprint density at radius 3 is 2.83 bits per heavy atom. The van der Waals surface area contributed by atoms with Crippen LogP contribution in [0.5, 0.6) is 0 Å². The van der Waals surface area contributed by atoms with Crippen molar-refractivity contribution in [1.82, 2.24) is 20.5 Å². The highest BCUT2D eigenvalue weighted by Gasteiger charge is 2.20. The average molecular weight is 344 g/mol. The van der Waals surface area contributed by atoms with E-state index in [0.29, 0.717) is 18.1 Å². The molecule has 2 aromatic rings. The van der Waals surface area contributed by atoms with Crippen LogP contribution in [0, 0.1) is 0 Å². The monoisotopic (exact) mass is 344 g/mol. The number of rotatable bonds is 7. The van der Waals surface area contributed by atoms with Gasteiger partial charge < -0.3 is 5.32 Å². The van der Waals surface area contributed by atoms with Gasteiger partial charge >= 0.3 is 0 Å². The lowest BCUT2D eigenvalue weighted by atomic mass is 10.1. The molecule has 1 aromatic heterocycles. The highest BCUT2D eigenvalue weighted by atomic mass is 32.2. The summed E-state index contributed by atoms with van der Waals surface area (Å²) in [5, 5.41) is 11.1. The third-order valence-corrected chi connectivity index (χ3v) is 5.31. The molecule has 0 spiro atoms. The van der Waals surface area contributed by atoms with Crippen LogP contribution in [0.4, 0.5) is 0 Å². The Kier molecular flexibility index (Phi) is 5.91.